The lowest BCUT2D eigenvalue weighted by Crippen LogP contribution is -2.07. The van der Waals surface area contributed by atoms with Crippen LogP contribution in [-0.4, -0.2) is 0 Å². The van der Waals surface area contributed by atoms with Gasteiger partial charge in [-0.2, -0.15) is 0 Å². The number of aryl methyl sites for hydroxylation is 2. The molecule has 0 spiro atoms. The van der Waals surface area contributed by atoms with E-state index in [-0.39, 0.29) is 5.63 Å². The van der Waals surface area contributed by atoms with Crippen LogP contribution in [0.2, 0.25) is 0 Å². The van der Waals surface area contributed by atoms with E-state index in [1.807, 2.05) is 6.07 Å². The number of benzene rings is 1. The van der Waals surface area contributed by atoms with E-state index >= 15 is 0 Å². The lowest BCUT2D eigenvalue weighted by atomic mass is 9.90. The molecule has 1 heterocycles. The molecule has 3 heteroatoms. The molecule has 2 N–H and O–H groups in total. The number of anilines is 1. The number of hydrogen-bond donors (Lipinski definition) is 1. The molecular weight excluding hydrogens is 202 g/mol. The molecule has 82 valence electrons. The summed E-state index contributed by atoms with van der Waals surface area (Å²) in [7, 11) is 0. The van der Waals surface area contributed by atoms with Crippen molar-refractivity contribution in [2.45, 2.75) is 25.7 Å². The van der Waals surface area contributed by atoms with Gasteiger partial charge in [-0.3, -0.25) is 0 Å². The molecule has 0 saturated heterocycles. The van der Waals surface area contributed by atoms with Gasteiger partial charge in [-0.05, 0) is 42.9 Å². The SMILES string of the molecule is Nc1cc(=O)oc2c3c(ccc12)CCCC3. The van der Waals surface area contributed by atoms with Gasteiger partial charge in [-0.25, -0.2) is 4.79 Å². The van der Waals surface area contributed by atoms with Gasteiger partial charge in [-0.1, -0.05) is 6.07 Å². The highest BCUT2D eigenvalue weighted by atomic mass is 16.4. The van der Waals surface area contributed by atoms with Gasteiger partial charge in [0.25, 0.3) is 0 Å². The molecule has 0 aliphatic heterocycles. The summed E-state index contributed by atoms with van der Waals surface area (Å²) >= 11 is 0. The summed E-state index contributed by atoms with van der Waals surface area (Å²) in [6.45, 7) is 0. The molecule has 0 radical (unpaired) electrons. The predicted octanol–water partition coefficient (Wildman–Crippen LogP) is 2.25. The maximum Gasteiger partial charge on any atom is 0.338 e. The fourth-order valence-corrected chi connectivity index (χ4v) is 2.47. The highest BCUT2D eigenvalue weighted by Crippen LogP contribution is 2.30. The molecule has 0 bridgehead atoms. The third kappa shape index (κ3) is 1.32. The summed E-state index contributed by atoms with van der Waals surface area (Å²) < 4.78 is 5.31. The zero-order valence-corrected chi connectivity index (χ0v) is 8.95. The Morgan fingerprint density at radius 2 is 2.00 bits per heavy atom. The lowest BCUT2D eigenvalue weighted by molar-refractivity contribution is 0.551. The van der Waals surface area contributed by atoms with Crippen LogP contribution in [0.1, 0.15) is 24.0 Å². The number of hydrogen-bond acceptors (Lipinski definition) is 3. The van der Waals surface area contributed by atoms with Gasteiger partial charge < -0.3 is 10.2 Å². The van der Waals surface area contributed by atoms with Crippen molar-refractivity contribution >= 4 is 16.7 Å². The van der Waals surface area contributed by atoms with Crippen LogP contribution in [-0.2, 0) is 12.8 Å². The van der Waals surface area contributed by atoms with Crippen LogP contribution in [0.25, 0.3) is 11.0 Å². The fourth-order valence-electron chi connectivity index (χ4n) is 2.47. The van der Waals surface area contributed by atoms with Crippen molar-refractivity contribution in [1.29, 1.82) is 0 Å². The van der Waals surface area contributed by atoms with E-state index in [0.29, 0.717) is 11.3 Å². The Hall–Kier alpha value is -1.77. The molecule has 1 aliphatic carbocycles. The lowest BCUT2D eigenvalue weighted by Gasteiger charge is -2.16. The summed E-state index contributed by atoms with van der Waals surface area (Å²) in [5.74, 6) is 0. The summed E-state index contributed by atoms with van der Waals surface area (Å²) in [5.41, 5.74) is 9.16. The topological polar surface area (TPSA) is 56.2 Å². The van der Waals surface area contributed by atoms with Crippen LogP contribution in [0, 0.1) is 0 Å². The van der Waals surface area contributed by atoms with Gasteiger partial charge in [-0.15, -0.1) is 0 Å². The molecule has 0 amide bonds. The largest absolute Gasteiger partial charge is 0.422 e. The Morgan fingerprint density at radius 1 is 1.19 bits per heavy atom. The quantitative estimate of drug-likeness (QED) is 0.686. The molecule has 0 atom stereocenters. The zero-order valence-electron chi connectivity index (χ0n) is 8.95. The minimum Gasteiger partial charge on any atom is -0.422 e. The maximum absolute atomic E-state index is 11.3. The number of nitrogen functional groups attached to an aromatic ring is 1. The normalized spacial score (nSPS) is 15.0. The first-order valence-corrected chi connectivity index (χ1v) is 5.60. The van der Waals surface area contributed by atoms with Gasteiger partial charge in [0.2, 0.25) is 0 Å². The second kappa shape index (κ2) is 3.37. The molecule has 1 aromatic heterocycles. The van der Waals surface area contributed by atoms with E-state index in [0.717, 1.165) is 24.6 Å². The third-order valence-electron chi connectivity index (χ3n) is 3.27. The van der Waals surface area contributed by atoms with Crippen LogP contribution in [0.15, 0.2) is 27.4 Å². The highest BCUT2D eigenvalue weighted by Gasteiger charge is 2.15. The predicted molar refractivity (Wildman–Crippen MR) is 63.5 cm³/mol. The number of rotatable bonds is 0. The molecule has 0 saturated carbocycles. The summed E-state index contributed by atoms with van der Waals surface area (Å²) in [6, 6.07) is 5.41. The summed E-state index contributed by atoms with van der Waals surface area (Å²) in [4.78, 5) is 11.3. The van der Waals surface area contributed by atoms with E-state index < -0.39 is 0 Å². The molecule has 2 aromatic rings. The molecule has 3 rings (SSSR count). The van der Waals surface area contributed by atoms with Gasteiger partial charge in [0.05, 0.1) is 0 Å². The van der Waals surface area contributed by atoms with Crippen LogP contribution in [0.5, 0.6) is 0 Å². The van der Waals surface area contributed by atoms with Crippen LogP contribution in [0.4, 0.5) is 5.69 Å². The minimum absolute atomic E-state index is 0.357. The van der Waals surface area contributed by atoms with E-state index in [2.05, 4.69) is 6.07 Å². The molecule has 3 nitrogen and oxygen atoms in total. The second-order valence-corrected chi connectivity index (χ2v) is 4.31. The standard InChI is InChI=1S/C13H13NO2/c14-11-7-12(15)16-13-9-4-2-1-3-8(9)5-6-10(11)13/h5-7H,1-4,14H2. The first-order chi connectivity index (χ1) is 7.75. The molecular formula is C13H13NO2. The van der Waals surface area contributed by atoms with Crippen molar-refractivity contribution in [1.82, 2.24) is 0 Å². The van der Waals surface area contributed by atoms with E-state index in [4.69, 9.17) is 10.2 Å². The Bertz CT molecular complexity index is 613. The van der Waals surface area contributed by atoms with Crippen molar-refractivity contribution in [3.63, 3.8) is 0 Å². The van der Waals surface area contributed by atoms with E-state index in [1.165, 1.54) is 23.6 Å². The third-order valence-corrected chi connectivity index (χ3v) is 3.27. The van der Waals surface area contributed by atoms with Crippen molar-refractivity contribution in [2.75, 3.05) is 5.73 Å². The van der Waals surface area contributed by atoms with E-state index in [9.17, 15) is 4.79 Å². The average Bonchev–Trinajstić information content (AvgIpc) is 2.28. The van der Waals surface area contributed by atoms with Gasteiger partial charge >= 0.3 is 5.63 Å². The molecule has 0 fully saturated rings. The number of fused-ring (bicyclic) bond motifs is 3. The van der Waals surface area contributed by atoms with Crippen molar-refractivity contribution < 1.29 is 4.42 Å². The van der Waals surface area contributed by atoms with Gasteiger partial charge in [0.15, 0.2) is 0 Å². The second-order valence-electron chi connectivity index (χ2n) is 4.31. The zero-order chi connectivity index (χ0) is 11.1. The van der Waals surface area contributed by atoms with Crippen LogP contribution in [0.3, 0.4) is 0 Å². The maximum atomic E-state index is 11.3. The Labute approximate surface area is 92.9 Å². The molecule has 1 aliphatic rings. The van der Waals surface area contributed by atoms with Crippen LogP contribution < -0.4 is 11.4 Å². The highest BCUT2D eigenvalue weighted by molar-refractivity contribution is 5.91. The number of nitrogens with two attached hydrogens (primary N) is 1. The van der Waals surface area contributed by atoms with E-state index in [1.54, 1.807) is 0 Å². The van der Waals surface area contributed by atoms with Crippen molar-refractivity contribution in [3.05, 3.63) is 39.7 Å². The first kappa shape index (κ1) is 9.46. The monoisotopic (exact) mass is 215 g/mol. The van der Waals surface area contributed by atoms with Crippen molar-refractivity contribution in [3.8, 4) is 0 Å². The minimum atomic E-state index is -0.357. The molecule has 1 aromatic carbocycles. The Kier molecular flexibility index (Phi) is 1.99. The summed E-state index contributed by atoms with van der Waals surface area (Å²) in [6.07, 6.45) is 4.43. The smallest absolute Gasteiger partial charge is 0.338 e. The van der Waals surface area contributed by atoms with Crippen LogP contribution >= 0.6 is 0 Å². The first-order valence-electron chi connectivity index (χ1n) is 5.60. The molecule has 0 unspecified atom stereocenters. The fraction of sp³-hybridized carbons (Fsp3) is 0.308. The average molecular weight is 215 g/mol. The Morgan fingerprint density at radius 3 is 2.88 bits per heavy atom. The van der Waals surface area contributed by atoms with Gasteiger partial charge in [0, 0.05) is 17.1 Å². The Balaban J connectivity index is 2.42. The van der Waals surface area contributed by atoms with Gasteiger partial charge in [0.1, 0.15) is 5.58 Å². The van der Waals surface area contributed by atoms with Crippen molar-refractivity contribution in [2.24, 2.45) is 0 Å². The summed E-state index contributed by atoms with van der Waals surface area (Å²) in [5, 5.41) is 0.861. The molecule has 16 heavy (non-hydrogen) atoms.